The maximum atomic E-state index is 11.2. The fraction of sp³-hybridized carbons (Fsp3) is 0.333. The number of rotatable bonds is 5. The third-order valence-electron chi connectivity index (χ3n) is 1.45. The van der Waals surface area contributed by atoms with Crippen LogP contribution in [0.25, 0.3) is 0 Å². The van der Waals surface area contributed by atoms with Gasteiger partial charge in [-0.15, -0.1) is 0 Å². The fourth-order valence-electron chi connectivity index (χ4n) is 0.844. The average molecular weight is 199 g/mol. The Kier molecular flexibility index (Phi) is 4.44. The second-order valence-electron chi connectivity index (χ2n) is 2.54. The summed E-state index contributed by atoms with van der Waals surface area (Å²) in [5.41, 5.74) is 0. The van der Waals surface area contributed by atoms with Gasteiger partial charge in [0, 0.05) is 13.0 Å². The van der Waals surface area contributed by atoms with Crippen LogP contribution < -0.4 is 4.52 Å². The monoisotopic (exact) mass is 199 g/mol. The lowest BCUT2D eigenvalue weighted by molar-refractivity contribution is 0.294. The third-order valence-corrected chi connectivity index (χ3v) is 2.55. The predicted molar refractivity (Wildman–Crippen MR) is 51.2 cm³/mol. The van der Waals surface area contributed by atoms with Gasteiger partial charge in [-0.2, -0.15) is 0 Å². The molecule has 0 spiro atoms. The van der Waals surface area contributed by atoms with Crippen molar-refractivity contribution in [3.8, 4) is 5.75 Å². The largest absolute Gasteiger partial charge is 0.556 e. The van der Waals surface area contributed by atoms with E-state index in [1.807, 2.05) is 18.2 Å². The van der Waals surface area contributed by atoms with E-state index in [9.17, 15) is 4.57 Å². The van der Waals surface area contributed by atoms with E-state index >= 15 is 0 Å². The van der Waals surface area contributed by atoms with Crippen molar-refractivity contribution in [3.63, 3.8) is 0 Å². The molecular formula is C9H12O3P+. The molecule has 0 heterocycles. The van der Waals surface area contributed by atoms with Gasteiger partial charge in [0.2, 0.25) is 0 Å². The zero-order chi connectivity index (χ0) is 9.52. The highest BCUT2D eigenvalue weighted by Gasteiger charge is 2.17. The second kappa shape index (κ2) is 5.68. The zero-order valence-corrected chi connectivity index (χ0v) is 8.11. The normalized spacial score (nSPS) is 11.0. The van der Waals surface area contributed by atoms with Crippen molar-refractivity contribution in [1.82, 2.24) is 0 Å². The van der Waals surface area contributed by atoms with Gasteiger partial charge in [0.25, 0.3) is 0 Å². The molecule has 1 unspecified atom stereocenters. The summed E-state index contributed by atoms with van der Waals surface area (Å²) >= 11 is 0. The van der Waals surface area contributed by atoms with Crippen molar-refractivity contribution in [2.45, 2.75) is 6.42 Å². The molecule has 3 nitrogen and oxygen atoms in total. The van der Waals surface area contributed by atoms with Crippen LogP contribution in [-0.4, -0.2) is 17.9 Å². The molecule has 1 aromatic rings. The van der Waals surface area contributed by atoms with Crippen molar-refractivity contribution < 1.29 is 14.2 Å². The lowest BCUT2D eigenvalue weighted by Crippen LogP contribution is -1.89. The number of aliphatic hydroxyl groups excluding tert-OH is 1. The average Bonchev–Trinajstić information content (AvgIpc) is 2.16. The highest BCUT2D eigenvalue weighted by atomic mass is 31.1. The molecule has 13 heavy (non-hydrogen) atoms. The summed E-state index contributed by atoms with van der Waals surface area (Å²) in [5.74, 6) is 0.613. The Morgan fingerprint density at radius 2 is 2.00 bits per heavy atom. The van der Waals surface area contributed by atoms with Crippen LogP contribution in [0.3, 0.4) is 0 Å². The SMILES string of the molecule is O=[P+](CCCO)Oc1ccccc1. The lowest BCUT2D eigenvalue weighted by atomic mass is 10.3. The van der Waals surface area contributed by atoms with Crippen molar-refractivity contribution in [2.75, 3.05) is 12.8 Å². The Bertz CT molecular complexity index is 261. The molecular weight excluding hydrogens is 187 g/mol. The first-order chi connectivity index (χ1) is 6.33. The summed E-state index contributed by atoms with van der Waals surface area (Å²) in [4.78, 5) is 0. The Labute approximate surface area is 78.2 Å². The third kappa shape index (κ3) is 4.02. The molecule has 0 amide bonds. The van der Waals surface area contributed by atoms with E-state index < -0.39 is 8.03 Å². The van der Waals surface area contributed by atoms with Crippen LogP contribution in [-0.2, 0) is 4.57 Å². The van der Waals surface area contributed by atoms with E-state index in [1.54, 1.807) is 12.1 Å². The van der Waals surface area contributed by atoms with E-state index in [-0.39, 0.29) is 6.61 Å². The topological polar surface area (TPSA) is 46.5 Å². The molecule has 70 valence electrons. The van der Waals surface area contributed by atoms with Crippen LogP contribution in [0.5, 0.6) is 5.75 Å². The molecule has 4 heteroatoms. The number of hydrogen-bond acceptors (Lipinski definition) is 3. The molecule has 0 aromatic heterocycles. The van der Waals surface area contributed by atoms with Crippen molar-refractivity contribution in [2.24, 2.45) is 0 Å². The van der Waals surface area contributed by atoms with Gasteiger partial charge in [-0.05, 0) is 16.7 Å². The molecule has 0 saturated heterocycles. The molecule has 0 aliphatic rings. The molecule has 1 N–H and O–H groups in total. The van der Waals surface area contributed by atoms with E-state index in [0.717, 1.165) is 0 Å². The van der Waals surface area contributed by atoms with Gasteiger partial charge in [0.05, 0.1) is 0 Å². The molecule has 1 rings (SSSR count). The van der Waals surface area contributed by atoms with Crippen LogP contribution >= 0.6 is 8.03 Å². The van der Waals surface area contributed by atoms with Crippen LogP contribution in [0.2, 0.25) is 0 Å². The first-order valence-electron chi connectivity index (χ1n) is 4.11. The number of aliphatic hydroxyl groups is 1. The van der Waals surface area contributed by atoms with Gasteiger partial charge in [0.15, 0.2) is 11.9 Å². The standard InChI is InChI=1S/C9H12O3P/c10-7-4-8-13(11)12-9-5-2-1-3-6-9/h1-3,5-6,10H,4,7-8H2/q+1. The molecule has 0 radical (unpaired) electrons. The molecule has 0 saturated carbocycles. The van der Waals surface area contributed by atoms with Gasteiger partial charge in [-0.1, -0.05) is 18.2 Å². The van der Waals surface area contributed by atoms with Crippen molar-refractivity contribution in [1.29, 1.82) is 0 Å². The van der Waals surface area contributed by atoms with E-state index in [2.05, 4.69) is 0 Å². The first kappa shape index (κ1) is 10.2. The predicted octanol–water partition coefficient (Wildman–Crippen LogP) is 2.19. The minimum Gasteiger partial charge on any atom is -0.396 e. The zero-order valence-electron chi connectivity index (χ0n) is 7.22. The molecule has 0 bridgehead atoms. The van der Waals surface area contributed by atoms with Gasteiger partial charge >= 0.3 is 8.03 Å². The first-order valence-corrected chi connectivity index (χ1v) is 5.48. The molecule has 1 aromatic carbocycles. The Morgan fingerprint density at radius 1 is 1.31 bits per heavy atom. The highest BCUT2D eigenvalue weighted by molar-refractivity contribution is 7.39. The minimum absolute atomic E-state index is 0.0548. The van der Waals surface area contributed by atoms with E-state index in [4.69, 9.17) is 9.63 Å². The molecule has 0 aliphatic heterocycles. The number of hydrogen-bond donors (Lipinski definition) is 1. The molecule has 1 atom stereocenters. The summed E-state index contributed by atoms with van der Waals surface area (Å²) in [5, 5.41) is 8.50. The second-order valence-corrected chi connectivity index (χ2v) is 3.83. The quantitative estimate of drug-likeness (QED) is 0.739. The van der Waals surface area contributed by atoms with E-state index in [1.165, 1.54) is 0 Å². The van der Waals surface area contributed by atoms with Crippen molar-refractivity contribution >= 4 is 8.03 Å². The molecule has 0 fully saturated rings. The maximum absolute atomic E-state index is 11.2. The summed E-state index contributed by atoms with van der Waals surface area (Å²) in [7, 11) is -1.67. The van der Waals surface area contributed by atoms with Crippen LogP contribution in [0.4, 0.5) is 0 Å². The highest BCUT2D eigenvalue weighted by Crippen LogP contribution is 2.26. The van der Waals surface area contributed by atoms with Gasteiger partial charge in [-0.3, -0.25) is 4.52 Å². The Balaban J connectivity index is 2.37. The number of para-hydroxylation sites is 1. The summed E-state index contributed by atoms with van der Waals surface area (Å²) in [6, 6.07) is 9.03. The molecule has 0 aliphatic carbocycles. The van der Waals surface area contributed by atoms with Gasteiger partial charge < -0.3 is 5.11 Å². The summed E-state index contributed by atoms with van der Waals surface area (Å²) < 4.78 is 16.3. The van der Waals surface area contributed by atoms with Gasteiger partial charge in [-0.25, -0.2) is 0 Å². The van der Waals surface area contributed by atoms with Crippen LogP contribution in [0, 0.1) is 0 Å². The fourth-order valence-corrected chi connectivity index (χ4v) is 1.69. The Hall–Kier alpha value is -0.920. The number of benzene rings is 1. The van der Waals surface area contributed by atoms with Crippen molar-refractivity contribution in [3.05, 3.63) is 30.3 Å². The minimum atomic E-state index is -1.67. The van der Waals surface area contributed by atoms with Crippen LogP contribution in [0.1, 0.15) is 6.42 Å². The lowest BCUT2D eigenvalue weighted by Gasteiger charge is -1.91. The maximum Gasteiger partial charge on any atom is 0.556 e. The van der Waals surface area contributed by atoms with Crippen LogP contribution in [0.15, 0.2) is 30.3 Å². The summed E-state index contributed by atoms with van der Waals surface area (Å²) in [6.45, 7) is 0.0548. The van der Waals surface area contributed by atoms with E-state index in [0.29, 0.717) is 18.3 Å². The smallest absolute Gasteiger partial charge is 0.396 e. The summed E-state index contributed by atoms with van der Waals surface area (Å²) in [6.07, 6.45) is 0.919. The Morgan fingerprint density at radius 3 is 2.62 bits per heavy atom. The van der Waals surface area contributed by atoms with Gasteiger partial charge in [0.1, 0.15) is 0 Å².